The number of halogens is 1. The van der Waals surface area contributed by atoms with Gasteiger partial charge in [-0.3, -0.25) is 4.79 Å². The summed E-state index contributed by atoms with van der Waals surface area (Å²) in [6.45, 7) is 7.70. The first kappa shape index (κ1) is 16.6. The maximum absolute atomic E-state index is 13.1. The van der Waals surface area contributed by atoms with Gasteiger partial charge < -0.3 is 9.74 Å². The van der Waals surface area contributed by atoms with Gasteiger partial charge in [0.25, 0.3) is 5.91 Å². The first-order valence-electron chi connectivity index (χ1n) is 9.04. The molecule has 0 radical (unpaired) electrons. The molecule has 0 aromatic heterocycles. The molecule has 4 rings (SSSR count). The van der Waals surface area contributed by atoms with Crippen molar-refractivity contribution >= 4 is 11.6 Å². The molecule has 1 saturated carbocycles. The zero-order chi connectivity index (χ0) is 17.8. The van der Waals surface area contributed by atoms with E-state index in [9.17, 15) is 9.18 Å². The number of hydrogen-bond donors (Lipinski definition) is 0. The number of likely N-dealkylation sites (tertiary alicyclic amines) is 1. The van der Waals surface area contributed by atoms with Crippen LogP contribution in [0.2, 0.25) is 0 Å². The van der Waals surface area contributed by atoms with Crippen LogP contribution in [0.25, 0.3) is 0 Å². The molecule has 2 fully saturated rings. The third kappa shape index (κ3) is 3.05. The van der Waals surface area contributed by atoms with Gasteiger partial charge in [-0.15, -0.1) is 0 Å². The zero-order valence-electron chi connectivity index (χ0n) is 15.1. The summed E-state index contributed by atoms with van der Waals surface area (Å²) in [6.07, 6.45) is 3.19. The highest BCUT2D eigenvalue weighted by molar-refractivity contribution is 6.04. The summed E-state index contributed by atoms with van der Waals surface area (Å²) < 4.78 is 13.1. The number of hydrogen-bond acceptors (Lipinski definition) is 3. The predicted molar refractivity (Wildman–Crippen MR) is 93.7 cm³/mol. The molecule has 0 spiro atoms. The number of fused-ring (bicyclic) bond motifs is 2. The van der Waals surface area contributed by atoms with E-state index < -0.39 is 6.10 Å². The van der Waals surface area contributed by atoms with Gasteiger partial charge in [0.15, 0.2) is 0 Å². The minimum Gasteiger partial charge on any atom is -0.382 e. The second kappa shape index (κ2) is 5.55. The van der Waals surface area contributed by atoms with Crippen LogP contribution < -0.4 is 0 Å². The molecule has 1 amide bonds. The number of amides is 1. The van der Waals surface area contributed by atoms with E-state index >= 15 is 0 Å². The average molecular weight is 344 g/mol. The summed E-state index contributed by atoms with van der Waals surface area (Å²) in [4.78, 5) is 20.5. The van der Waals surface area contributed by atoms with Gasteiger partial charge in [-0.05, 0) is 47.8 Å². The normalized spacial score (nSPS) is 33.1. The van der Waals surface area contributed by atoms with Gasteiger partial charge >= 0.3 is 0 Å². The van der Waals surface area contributed by atoms with E-state index in [1.54, 1.807) is 12.1 Å². The van der Waals surface area contributed by atoms with Crippen molar-refractivity contribution in [2.45, 2.75) is 58.6 Å². The fourth-order valence-electron chi connectivity index (χ4n) is 5.23. The average Bonchev–Trinajstić information content (AvgIpc) is 3.09. The largest absolute Gasteiger partial charge is 0.382 e. The van der Waals surface area contributed by atoms with E-state index in [0.717, 1.165) is 31.4 Å². The van der Waals surface area contributed by atoms with Gasteiger partial charge in [0.2, 0.25) is 6.10 Å². The fourth-order valence-corrected chi connectivity index (χ4v) is 5.23. The summed E-state index contributed by atoms with van der Waals surface area (Å²) in [5, 5.41) is 4.09. The second-order valence-corrected chi connectivity index (χ2v) is 9.02. The minimum atomic E-state index is -0.550. The number of rotatable bonds is 2. The van der Waals surface area contributed by atoms with Crippen LogP contribution in [0.15, 0.2) is 29.4 Å². The number of carbonyl (C=O) groups excluding carboxylic acids is 1. The number of carbonyl (C=O) groups is 1. The van der Waals surface area contributed by atoms with E-state index in [2.05, 4.69) is 25.9 Å². The third-order valence-corrected chi connectivity index (χ3v) is 5.82. The maximum Gasteiger partial charge on any atom is 0.267 e. The number of nitrogens with zero attached hydrogens (tertiary/aromatic N) is 2. The topological polar surface area (TPSA) is 41.9 Å². The molecule has 2 aliphatic heterocycles. The van der Waals surface area contributed by atoms with Crippen molar-refractivity contribution in [3.8, 4) is 0 Å². The van der Waals surface area contributed by atoms with Crippen LogP contribution in [0.4, 0.5) is 4.39 Å². The molecule has 1 aromatic rings. The molecule has 25 heavy (non-hydrogen) atoms. The molecule has 3 aliphatic rings. The molecule has 134 valence electrons. The van der Waals surface area contributed by atoms with E-state index in [4.69, 9.17) is 4.84 Å². The van der Waals surface area contributed by atoms with Crippen molar-refractivity contribution in [1.82, 2.24) is 4.90 Å². The number of benzene rings is 1. The molecule has 2 heterocycles. The Bertz CT molecular complexity index is 728. The summed E-state index contributed by atoms with van der Waals surface area (Å²) in [5.74, 6) is -0.233. The minimum absolute atomic E-state index is 0.0484. The van der Waals surface area contributed by atoms with E-state index in [1.165, 1.54) is 12.1 Å². The van der Waals surface area contributed by atoms with Crippen molar-refractivity contribution < 1.29 is 14.0 Å². The van der Waals surface area contributed by atoms with E-state index in [0.29, 0.717) is 18.2 Å². The van der Waals surface area contributed by atoms with Crippen LogP contribution in [0.5, 0.6) is 0 Å². The number of oxime groups is 1. The summed E-state index contributed by atoms with van der Waals surface area (Å²) >= 11 is 0. The first-order chi connectivity index (χ1) is 11.7. The molecule has 0 N–H and O–H groups in total. The lowest BCUT2D eigenvalue weighted by Gasteiger charge is -2.39. The first-order valence-corrected chi connectivity index (χ1v) is 9.04. The van der Waals surface area contributed by atoms with Gasteiger partial charge in [0, 0.05) is 19.0 Å². The molecule has 1 saturated heterocycles. The molecular weight excluding hydrogens is 319 g/mol. The quantitative estimate of drug-likeness (QED) is 0.820. The molecule has 5 heteroatoms. The smallest absolute Gasteiger partial charge is 0.267 e. The van der Waals surface area contributed by atoms with E-state index in [-0.39, 0.29) is 22.6 Å². The Hall–Kier alpha value is -1.91. The van der Waals surface area contributed by atoms with Gasteiger partial charge in [-0.25, -0.2) is 4.39 Å². The van der Waals surface area contributed by atoms with Crippen molar-refractivity contribution in [3.63, 3.8) is 0 Å². The van der Waals surface area contributed by atoms with E-state index in [1.807, 2.05) is 4.90 Å². The lowest BCUT2D eigenvalue weighted by molar-refractivity contribution is -0.143. The van der Waals surface area contributed by atoms with Crippen LogP contribution in [-0.2, 0) is 9.63 Å². The van der Waals surface area contributed by atoms with Gasteiger partial charge in [0.1, 0.15) is 5.82 Å². The highest BCUT2D eigenvalue weighted by atomic mass is 19.1. The lowest BCUT2D eigenvalue weighted by Crippen LogP contribution is -2.43. The second-order valence-electron chi connectivity index (χ2n) is 9.02. The molecule has 3 atom stereocenters. The Balaban J connectivity index is 1.46. The van der Waals surface area contributed by atoms with Crippen molar-refractivity contribution in [2.24, 2.45) is 16.0 Å². The highest BCUT2D eigenvalue weighted by Gasteiger charge is 2.52. The molecule has 1 aliphatic carbocycles. The van der Waals surface area contributed by atoms with Crippen LogP contribution in [-0.4, -0.2) is 35.2 Å². The van der Waals surface area contributed by atoms with Crippen LogP contribution in [0, 0.1) is 16.6 Å². The van der Waals surface area contributed by atoms with Crippen molar-refractivity contribution in [2.75, 3.05) is 6.54 Å². The molecule has 0 unspecified atom stereocenters. The summed E-state index contributed by atoms with van der Waals surface area (Å²) in [7, 11) is 0. The zero-order valence-corrected chi connectivity index (χ0v) is 15.1. The fraction of sp³-hybridized carbons (Fsp3) is 0.600. The van der Waals surface area contributed by atoms with Crippen LogP contribution in [0.3, 0.4) is 0 Å². The Morgan fingerprint density at radius 1 is 1.24 bits per heavy atom. The summed E-state index contributed by atoms with van der Waals surface area (Å²) in [6, 6.07) is 6.46. The third-order valence-electron chi connectivity index (χ3n) is 5.82. The van der Waals surface area contributed by atoms with Crippen LogP contribution >= 0.6 is 0 Å². The summed E-state index contributed by atoms with van der Waals surface area (Å²) in [5.41, 5.74) is 2.01. The lowest BCUT2D eigenvalue weighted by atomic mass is 9.65. The molecule has 2 bridgehead atoms. The van der Waals surface area contributed by atoms with Gasteiger partial charge in [-0.1, -0.05) is 38.1 Å². The SMILES string of the molecule is CC1(C)C[C@H]2C[C@](C)(CN2C(=O)[C@@H]2CC(c3ccc(F)cc3)=NO2)C1. The Morgan fingerprint density at radius 2 is 1.96 bits per heavy atom. The Labute approximate surface area is 148 Å². The van der Waals surface area contributed by atoms with Crippen molar-refractivity contribution in [1.29, 1.82) is 0 Å². The standard InChI is InChI=1S/C20H25FN2O2/c1-19(2)9-15-10-20(3,11-19)12-23(15)18(24)17-8-16(22-25-17)13-4-6-14(21)7-5-13/h4-7,15,17H,8-12H2,1-3H3/t15-,17-,20-/m0/s1. The monoisotopic (exact) mass is 344 g/mol. The Kier molecular flexibility index (Phi) is 3.67. The maximum atomic E-state index is 13.1. The molecule has 1 aromatic carbocycles. The predicted octanol–water partition coefficient (Wildman–Crippen LogP) is 3.75. The Morgan fingerprint density at radius 3 is 2.68 bits per heavy atom. The highest BCUT2D eigenvalue weighted by Crippen LogP contribution is 2.52. The molecular formula is C20H25FN2O2. The van der Waals surface area contributed by atoms with Crippen LogP contribution in [0.1, 0.15) is 52.0 Å². The van der Waals surface area contributed by atoms with Crippen molar-refractivity contribution in [3.05, 3.63) is 35.6 Å². The molecule has 4 nitrogen and oxygen atoms in total. The van der Waals surface area contributed by atoms with Gasteiger partial charge in [-0.2, -0.15) is 0 Å². The van der Waals surface area contributed by atoms with Gasteiger partial charge in [0.05, 0.1) is 5.71 Å².